The Bertz CT molecular complexity index is 921. The fourth-order valence-electron chi connectivity index (χ4n) is 3.07. The molecular weight excluding hydrogens is 391 g/mol. The Hall–Kier alpha value is -1.96. The Morgan fingerprint density at radius 3 is 2.37 bits per heavy atom. The van der Waals surface area contributed by atoms with E-state index in [4.69, 9.17) is 11.6 Å². The third-order valence-corrected chi connectivity index (χ3v) is 6.69. The van der Waals surface area contributed by atoms with Crippen molar-refractivity contribution in [1.82, 2.24) is 4.31 Å². The molecule has 0 unspecified atom stereocenters. The monoisotopic (exact) mass is 410 g/mol. The lowest BCUT2D eigenvalue weighted by Gasteiger charge is -2.20. The lowest BCUT2D eigenvalue weighted by Crippen LogP contribution is -2.32. The molecule has 1 aliphatic heterocycles. The van der Waals surface area contributed by atoms with Crippen molar-refractivity contribution in [3.8, 4) is 0 Å². The molecule has 1 N–H and O–H groups in total. The van der Waals surface area contributed by atoms with Gasteiger partial charge < -0.3 is 5.32 Å². The zero-order valence-electron chi connectivity index (χ0n) is 14.6. The van der Waals surface area contributed by atoms with Crippen molar-refractivity contribution in [2.24, 2.45) is 0 Å². The summed E-state index contributed by atoms with van der Waals surface area (Å²) in [5.74, 6) is -1.48. The van der Waals surface area contributed by atoms with E-state index in [1.807, 2.05) is 0 Å². The van der Waals surface area contributed by atoms with Crippen molar-refractivity contribution >= 4 is 33.2 Å². The minimum Gasteiger partial charge on any atom is -0.322 e. The van der Waals surface area contributed by atoms with Crippen LogP contribution in [0.2, 0.25) is 5.02 Å². The number of nitrogens with zero attached hydrogens (tertiary/aromatic N) is 1. The second-order valence-corrected chi connectivity index (χ2v) is 8.74. The molecule has 5 nitrogen and oxygen atoms in total. The van der Waals surface area contributed by atoms with Gasteiger partial charge in [-0.2, -0.15) is 4.31 Å². The molecule has 0 aliphatic carbocycles. The van der Waals surface area contributed by atoms with E-state index in [-0.39, 0.29) is 21.2 Å². The van der Waals surface area contributed by atoms with Crippen LogP contribution >= 0.6 is 11.6 Å². The Kier molecular flexibility index (Phi) is 6.14. The highest BCUT2D eigenvalue weighted by Gasteiger charge is 2.25. The number of carbonyl (C=O) groups is 1. The van der Waals surface area contributed by atoms with Gasteiger partial charge in [-0.15, -0.1) is 0 Å². The standard InChI is InChI=1S/C19H20ClFN2O3S/c20-16-9-6-10-17(21)18(16)19(24)22-14-7-5-8-15(13-14)27(25,26)23-11-3-1-2-4-12-23/h5-10,13H,1-4,11-12H2,(H,22,24). The first-order chi connectivity index (χ1) is 12.9. The first-order valence-corrected chi connectivity index (χ1v) is 10.6. The van der Waals surface area contributed by atoms with Gasteiger partial charge >= 0.3 is 0 Å². The summed E-state index contributed by atoms with van der Waals surface area (Å²) in [5, 5.41) is 2.51. The summed E-state index contributed by atoms with van der Waals surface area (Å²) in [6, 6.07) is 9.93. The fraction of sp³-hybridized carbons (Fsp3) is 0.316. The van der Waals surface area contributed by atoms with Crippen LogP contribution in [-0.2, 0) is 10.0 Å². The van der Waals surface area contributed by atoms with Crippen molar-refractivity contribution < 1.29 is 17.6 Å². The molecule has 1 amide bonds. The van der Waals surface area contributed by atoms with Crippen LogP contribution < -0.4 is 5.32 Å². The van der Waals surface area contributed by atoms with Gasteiger partial charge in [-0.1, -0.05) is 36.6 Å². The zero-order chi connectivity index (χ0) is 19.4. The number of amides is 1. The molecule has 1 aliphatic rings. The van der Waals surface area contributed by atoms with Crippen LogP contribution in [0, 0.1) is 5.82 Å². The Labute approximate surface area is 163 Å². The van der Waals surface area contributed by atoms with Gasteiger partial charge in [0.05, 0.1) is 15.5 Å². The summed E-state index contributed by atoms with van der Waals surface area (Å²) in [4.78, 5) is 12.5. The molecule has 1 heterocycles. The van der Waals surface area contributed by atoms with Gasteiger partial charge in [0, 0.05) is 18.8 Å². The van der Waals surface area contributed by atoms with Gasteiger partial charge in [-0.25, -0.2) is 12.8 Å². The maximum Gasteiger partial charge on any atom is 0.260 e. The van der Waals surface area contributed by atoms with E-state index in [1.165, 1.54) is 28.6 Å². The van der Waals surface area contributed by atoms with E-state index < -0.39 is 21.7 Å². The molecule has 0 saturated carbocycles. The van der Waals surface area contributed by atoms with Crippen molar-refractivity contribution in [1.29, 1.82) is 0 Å². The summed E-state index contributed by atoms with van der Waals surface area (Å²) in [7, 11) is -3.64. The Morgan fingerprint density at radius 1 is 1.04 bits per heavy atom. The Morgan fingerprint density at radius 2 is 1.70 bits per heavy atom. The third kappa shape index (κ3) is 4.48. The Balaban J connectivity index is 1.84. The van der Waals surface area contributed by atoms with Crippen molar-refractivity contribution in [3.05, 3.63) is 58.9 Å². The highest BCUT2D eigenvalue weighted by atomic mass is 35.5. The molecule has 1 saturated heterocycles. The molecular formula is C19H20ClFN2O3S. The lowest BCUT2D eigenvalue weighted by atomic mass is 10.2. The fourth-order valence-corrected chi connectivity index (χ4v) is 4.89. The van der Waals surface area contributed by atoms with Gasteiger partial charge in [-0.3, -0.25) is 4.79 Å². The highest BCUT2D eigenvalue weighted by Crippen LogP contribution is 2.24. The summed E-state index contributed by atoms with van der Waals surface area (Å²) < 4.78 is 41.2. The first kappa shape index (κ1) is 19.8. The molecule has 8 heteroatoms. The van der Waals surface area contributed by atoms with E-state index in [1.54, 1.807) is 12.1 Å². The molecule has 0 radical (unpaired) electrons. The van der Waals surface area contributed by atoms with E-state index in [0.29, 0.717) is 13.1 Å². The zero-order valence-corrected chi connectivity index (χ0v) is 16.2. The number of nitrogens with one attached hydrogen (secondary N) is 1. The van der Waals surface area contributed by atoms with Crippen molar-refractivity contribution in [3.63, 3.8) is 0 Å². The second-order valence-electron chi connectivity index (χ2n) is 6.40. The number of rotatable bonds is 4. The number of halogens is 2. The van der Waals surface area contributed by atoms with Crippen LogP contribution in [0.15, 0.2) is 47.4 Å². The van der Waals surface area contributed by atoms with Gasteiger partial charge in [0.15, 0.2) is 0 Å². The average Bonchev–Trinajstić information content (AvgIpc) is 2.92. The highest BCUT2D eigenvalue weighted by molar-refractivity contribution is 7.89. The quantitative estimate of drug-likeness (QED) is 0.817. The van der Waals surface area contributed by atoms with Crippen LogP contribution in [0.3, 0.4) is 0 Å². The smallest absolute Gasteiger partial charge is 0.260 e. The molecule has 27 heavy (non-hydrogen) atoms. The third-order valence-electron chi connectivity index (χ3n) is 4.48. The van der Waals surface area contributed by atoms with E-state index in [0.717, 1.165) is 31.7 Å². The van der Waals surface area contributed by atoms with Gasteiger partial charge in [0.1, 0.15) is 5.82 Å². The predicted octanol–water partition coefficient (Wildman–Crippen LogP) is 4.30. The van der Waals surface area contributed by atoms with Crippen molar-refractivity contribution in [2.75, 3.05) is 18.4 Å². The molecule has 0 bridgehead atoms. The number of anilines is 1. The minimum absolute atomic E-state index is 0.0131. The summed E-state index contributed by atoms with van der Waals surface area (Å²) >= 11 is 5.91. The molecule has 0 atom stereocenters. The number of sulfonamides is 1. The average molecular weight is 411 g/mol. The van der Waals surface area contributed by atoms with Crippen LogP contribution in [-0.4, -0.2) is 31.7 Å². The van der Waals surface area contributed by atoms with E-state index >= 15 is 0 Å². The predicted molar refractivity (Wildman–Crippen MR) is 103 cm³/mol. The van der Waals surface area contributed by atoms with Crippen LogP contribution in [0.4, 0.5) is 10.1 Å². The normalized spacial score (nSPS) is 15.9. The molecule has 3 rings (SSSR count). The molecule has 0 aromatic heterocycles. The molecule has 144 valence electrons. The molecule has 2 aromatic rings. The van der Waals surface area contributed by atoms with Gasteiger partial charge in [0.25, 0.3) is 5.91 Å². The second kappa shape index (κ2) is 8.37. The van der Waals surface area contributed by atoms with Gasteiger partial charge in [-0.05, 0) is 43.2 Å². The minimum atomic E-state index is -3.64. The first-order valence-electron chi connectivity index (χ1n) is 8.75. The number of carbonyl (C=O) groups excluding carboxylic acids is 1. The maximum atomic E-state index is 13.9. The summed E-state index contributed by atoms with van der Waals surface area (Å²) in [5.41, 5.74) is -0.0184. The van der Waals surface area contributed by atoms with Crippen LogP contribution in [0.1, 0.15) is 36.0 Å². The maximum absolute atomic E-state index is 13.9. The van der Waals surface area contributed by atoms with E-state index in [2.05, 4.69) is 5.32 Å². The molecule has 0 spiro atoms. The number of benzene rings is 2. The topological polar surface area (TPSA) is 66.5 Å². The number of hydrogen-bond donors (Lipinski definition) is 1. The van der Waals surface area contributed by atoms with Gasteiger partial charge in [0.2, 0.25) is 10.0 Å². The summed E-state index contributed by atoms with van der Waals surface area (Å²) in [6.07, 6.45) is 3.71. The molecule has 1 fully saturated rings. The van der Waals surface area contributed by atoms with Crippen molar-refractivity contribution in [2.45, 2.75) is 30.6 Å². The SMILES string of the molecule is O=C(Nc1cccc(S(=O)(=O)N2CCCCCC2)c1)c1c(F)cccc1Cl. The number of hydrogen-bond acceptors (Lipinski definition) is 3. The largest absolute Gasteiger partial charge is 0.322 e. The van der Waals surface area contributed by atoms with Crippen LogP contribution in [0.5, 0.6) is 0 Å². The lowest BCUT2D eigenvalue weighted by molar-refractivity contribution is 0.102. The van der Waals surface area contributed by atoms with Crippen LogP contribution in [0.25, 0.3) is 0 Å². The van der Waals surface area contributed by atoms with E-state index in [9.17, 15) is 17.6 Å². The summed E-state index contributed by atoms with van der Waals surface area (Å²) in [6.45, 7) is 0.980. The molecule has 2 aromatic carbocycles.